The zero-order valence-corrected chi connectivity index (χ0v) is 16.6. The fraction of sp³-hybridized carbons (Fsp3) is 0.647. The van der Waals surface area contributed by atoms with Gasteiger partial charge in [0.05, 0.1) is 63.9 Å². The monoisotopic (exact) mass is 453 g/mol. The lowest BCUT2D eigenvalue weighted by Crippen LogP contribution is -2.37. The number of hydrogen-bond donors (Lipinski definition) is 7. The third kappa shape index (κ3) is 16.5. The highest BCUT2D eigenvalue weighted by molar-refractivity contribution is 5.91. The van der Waals surface area contributed by atoms with Crippen molar-refractivity contribution >= 4 is 35.7 Å². The lowest BCUT2D eigenvalue weighted by atomic mass is 9.93. The summed E-state index contributed by atoms with van der Waals surface area (Å²) in [6, 6.07) is 0. The number of nitrogens with one attached hydrogen (secondary N) is 1. The Balaban J connectivity index is 0. The van der Waals surface area contributed by atoms with Crippen LogP contribution >= 0.6 is 0 Å². The maximum Gasteiger partial charge on any atom is 0.314 e. The van der Waals surface area contributed by atoms with Crippen LogP contribution in [0, 0.1) is 10.8 Å². The SMILES string of the molecule is N=C(CCC(=O)OC(=O)CCC(=O)O)OC(=O)CCC(=O)O.OCC(CO)(CO)CO. The number of hydrogen-bond acceptors (Lipinski definition) is 12. The zero-order chi connectivity index (χ0) is 24.4. The van der Waals surface area contributed by atoms with Crippen molar-refractivity contribution in [3.63, 3.8) is 0 Å². The summed E-state index contributed by atoms with van der Waals surface area (Å²) >= 11 is 0. The molecule has 0 aromatic carbocycles. The van der Waals surface area contributed by atoms with Crippen LogP contribution in [0.5, 0.6) is 0 Å². The van der Waals surface area contributed by atoms with Gasteiger partial charge in [0, 0.05) is 6.42 Å². The van der Waals surface area contributed by atoms with Gasteiger partial charge in [-0.3, -0.25) is 29.4 Å². The minimum atomic E-state index is -1.21. The molecule has 0 rings (SSSR count). The van der Waals surface area contributed by atoms with Crippen LogP contribution in [0.4, 0.5) is 0 Å². The smallest absolute Gasteiger partial charge is 0.314 e. The van der Waals surface area contributed by atoms with Crippen molar-refractivity contribution in [3.05, 3.63) is 0 Å². The molecule has 0 bridgehead atoms. The van der Waals surface area contributed by atoms with Crippen molar-refractivity contribution < 1.29 is 64.1 Å². The van der Waals surface area contributed by atoms with Gasteiger partial charge in [0.2, 0.25) is 0 Å². The summed E-state index contributed by atoms with van der Waals surface area (Å²) in [5.74, 6) is -5.87. The number of carbonyl (C=O) groups excluding carboxylic acids is 3. The normalized spacial score (nSPS) is 10.3. The number of rotatable bonds is 13. The zero-order valence-electron chi connectivity index (χ0n) is 16.6. The van der Waals surface area contributed by atoms with E-state index in [1.54, 1.807) is 0 Å². The Bertz CT molecular complexity index is 566. The average Bonchev–Trinajstić information content (AvgIpc) is 2.72. The number of aliphatic hydroxyl groups excluding tert-OH is 4. The molecule has 0 heterocycles. The van der Waals surface area contributed by atoms with Gasteiger partial charge >= 0.3 is 29.8 Å². The summed E-state index contributed by atoms with van der Waals surface area (Å²) in [5, 5.41) is 57.9. The van der Waals surface area contributed by atoms with Crippen molar-refractivity contribution in [3.8, 4) is 0 Å². The molecular weight excluding hydrogens is 426 g/mol. The Hall–Kier alpha value is -2.94. The van der Waals surface area contributed by atoms with Gasteiger partial charge in [-0.25, -0.2) is 0 Å². The minimum Gasteiger partial charge on any atom is -0.481 e. The van der Waals surface area contributed by atoms with Crippen LogP contribution < -0.4 is 0 Å². The molecule has 0 spiro atoms. The highest BCUT2D eigenvalue weighted by atomic mass is 16.6. The summed E-state index contributed by atoms with van der Waals surface area (Å²) < 4.78 is 8.72. The van der Waals surface area contributed by atoms with Crippen LogP contribution in [-0.4, -0.2) is 92.8 Å². The van der Waals surface area contributed by atoms with Crippen LogP contribution in [0.1, 0.15) is 38.5 Å². The van der Waals surface area contributed by atoms with Gasteiger partial charge in [0.15, 0.2) is 5.90 Å². The molecule has 14 nitrogen and oxygen atoms in total. The van der Waals surface area contributed by atoms with Gasteiger partial charge < -0.3 is 40.1 Å². The molecule has 0 aliphatic carbocycles. The Kier molecular flexibility index (Phi) is 16.4. The molecule has 0 aliphatic heterocycles. The van der Waals surface area contributed by atoms with Crippen LogP contribution in [0.3, 0.4) is 0 Å². The molecule has 0 fully saturated rings. The number of ether oxygens (including phenoxy) is 2. The van der Waals surface area contributed by atoms with E-state index >= 15 is 0 Å². The Morgan fingerprint density at radius 3 is 1.19 bits per heavy atom. The van der Waals surface area contributed by atoms with Crippen molar-refractivity contribution in [2.45, 2.75) is 38.5 Å². The number of carboxylic acids is 2. The van der Waals surface area contributed by atoms with E-state index < -0.39 is 99.7 Å². The first-order valence-electron chi connectivity index (χ1n) is 8.83. The maximum atomic E-state index is 11.2. The van der Waals surface area contributed by atoms with Crippen molar-refractivity contribution in [1.29, 1.82) is 5.41 Å². The summed E-state index contributed by atoms with van der Waals surface area (Å²) in [7, 11) is 0. The van der Waals surface area contributed by atoms with E-state index in [9.17, 15) is 24.0 Å². The average molecular weight is 453 g/mol. The Morgan fingerprint density at radius 1 is 0.581 bits per heavy atom. The third-order valence-corrected chi connectivity index (χ3v) is 3.45. The lowest BCUT2D eigenvalue weighted by molar-refractivity contribution is -0.161. The number of esters is 3. The number of aliphatic carboxylic acids is 2. The molecule has 0 aromatic heterocycles. The van der Waals surface area contributed by atoms with Gasteiger partial charge in [-0.05, 0) is 0 Å². The van der Waals surface area contributed by atoms with Crippen molar-refractivity contribution in [2.24, 2.45) is 5.41 Å². The molecule has 7 N–H and O–H groups in total. The molecule has 31 heavy (non-hydrogen) atoms. The predicted molar refractivity (Wildman–Crippen MR) is 98.7 cm³/mol. The molecule has 0 radical (unpaired) electrons. The largest absolute Gasteiger partial charge is 0.481 e. The first-order chi connectivity index (χ1) is 14.4. The molecule has 0 aliphatic rings. The summed E-state index contributed by atoms with van der Waals surface area (Å²) in [4.78, 5) is 53.7. The van der Waals surface area contributed by atoms with Crippen LogP contribution in [0.15, 0.2) is 0 Å². The van der Waals surface area contributed by atoms with E-state index in [0.717, 1.165) is 0 Å². The highest BCUT2D eigenvalue weighted by Gasteiger charge is 2.26. The predicted octanol–water partition coefficient (Wildman–Crippen LogP) is -1.97. The van der Waals surface area contributed by atoms with Crippen molar-refractivity contribution in [1.82, 2.24) is 0 Å². The van der Waals surface area contributed by atoms with Crippen LogP contribution in [0.25, 0.3) is 0 Å². The minimum absolute atomic E-state index is 0.316. The molecule has 0 saturated carbocycles. The second kappa shape index (κ2) is 16.8. The van der Waals surface area contributed by atoms with Gasteiger partial charge in [-0.2, -0.15) is 0 Å². The summed E-state index contributed by atoms with van der Waals surface area (Å²) in [6.45, 7) is -1.62. The second-order valence-corrected chi connectivity index (χ2v) is 6.16. The molecule has 178 valence electrons. The Morgan fingerprint density at radius 2 is 0.903 bits per heavy atom. The van der Waals surface area contributed by atoms with Gasteiger partial charge in [-0.1, -0.05) is 0 Å². The molecular formula is C17H27NO13. The first kappa shape index (κ1) is 30.3. The maximum absolute atomic E-state index is 11.2. The van der Waals surface area contributed by atoms with E-state index in [1.165, 1.54) is 0 Å². The fourth-order valence-electron chi connectivity index (χ4n) is 1.40. The van der Waals surface area contributed by atoms with E-state index in [2.05, 4.69) is 9.47 Å². The fourth-order valence-corrected chi connectivity index (χ4v) is 1.40. The summed E-state index contributed by atoms with van der Waals surface area (Å²) in [5.41, 5.74) is -1.11. The molecule has 0 saturated heterocycles. The topological polar surface area (TPSA) is 249 Å². The molecule has 0 atom stereocenters. The highest BCUT2D eigenvalue weighted by Crippen LogP contribution is 2.11. The van der Waals surface area contributed by atoms with Gasteiger partial charge in [0.25, 0.3) is 0 Å². The van der Waals surface area contributed by atoms with Crippen LogP contribution in [0.2, 0.25) is 0 Å². The molecule has 0 aromatic rings. The number of aliphatic hydroxyl groups is 4. The number of carboxylic acid groups (broad SMARTS) is 2. The molecule has 0 amide bonds. The van der Waals surface area contributed by atoms with E-state index in [-0.39, 0.29) is 6.42 Å². The van der Waals surface area contributed by atoms with E-state index in [4.69, 9.17) is 36.0 Å². The third-order valence-electron chi connectivity index (χ3n) is 3.45. The van der Waals surface area contributed by atoms with E-state index in [0.29, 0.717) is 0 Å². The Labute approximate surface area is 176 Å². The van der Waals surface area contributed by atoms with Gasteiger partial charge in [-0.15, -0.1) is 0 Å². The van der Waals surface area contributed by atoms with E-state index in [1.807, 2.05) is 0 Å². The summed E-state index contributed by atoms with van der Waals surface area (Å²) in [6.07, 6.45) is -2.50. The van der Waals surface area contributed by atoms with Gasteiger partial charge in [0.1, 0.15) is 0 Å². The molecule has 14 heteroatoms. The second-order valence-electron chi connectivity index (χ2n) is 6.16. The lowest BCUT2D eigenvalue weighted by Gasteiger charge is -2.23. The number of carbonyl (C=O) groups is 5. The standard InChI is InChI=1S/C12H15NO9.C5H12O4/c13-7(21-10(18)5-2-8(14)15)1-4-11(19)22-12(20)6-3-9(16)17;6-1-5(2-7,3-8)4-9/h13H,1-6H2,(H,14,15)(H,16,17);6-9H,1-4H2. The quantitative estimate of drug-likeness (QED) is 0.0692. The first-order valence-corrected chi connectivity index (χ1v) is 8.83. The van der Waals surface area contributed by atoms with Crippen LogP contribution in [-0.2, 0) is 33.4 Å². The van der Waals surface area contributed by atoms with Crippen molar-refractivity contribution in [2.75, 3.05) is 26.4 Å². The molecule has 0 unspecified atom stereocenters.